The topological polar surface area (TPSA) is 209 Å². The van der Waals surface area contributed by atoms with Crippen molar-refractivity contribution in [2.45, 2.75) is 116 Å². The van der Waals surface area contributed by atoms with Crippen LogP contribution in [0.25, 0.3) is 11.1 Å². The Labute approximate surface area is 354 Å². The highest BCUT2D eigenvalue weighted by atomic mass is 16.4. The van der Waals surface area contributed by atoms with Gasteiger partial charge in [0.05, 0.1) is 0 Å². The number of nitrogens with one attached hydrogen (secondary N) is 5. The smallest absolute Gasteiger partial charge is 0.326 e. The summed E-state index contributed by atoms with van der Waals surface area (Å²) in [5.74, 6) is -2.02. The number of unbranched alkanes of at least 4 members (excludes halogenated alkanes) is 1. The lowest BCUT2D eigenvalue weighted by Crippen LogP contribution is -2.60. The van der Waals surface area contributed by atoms with E-state index < -0.39 is 65.7 Å². The maximum absolute atomic E-state index is 14.2. The number of carboxylic acid groups (broad SMARTS) is 1. The summed E-state index contributed by atoms with van der Waals surface area (Å²) in [5, 5.41) is 23.9. The Morgan fingerprint density at radius 1 is 0.600 bits per heavy atom. The molecule has 0 spiro atoms. The largest absolute Gasteiger partial charge is 0.480 e. The van der Waals surface area contributed by atoms with E-state index in [2.05, 4.69) is 32.5 Å². The third-order valence-electron chi connectivity index (χ3n) is 10.0. The van der Waals surface area contributed by atoms with Gasteiger partial charge in [-0.2, -0.15) is 0 Å². The molecule has 13 heteroatoms. The lowest BCUT2D eigenvalue weighted by molar-refractivity contribution is -0.142. The minimum absolute atomic E-state index is 0.0188. The molecule has 0 bridgehead atoms. The third-order valence-corrected chi connectivity index (χ3v) is 10.0. The molecule has 3 rings (SSSR count). The molecule has 0 fully saturated rings. The lowest BCUT2D eigenvalue weighted by atomic mass is 9.97. The van der Waals surface area contributed by atoms with Crippen LogP contribution in [0.3, 0.4) is 0 Å². The Bertz CT molecular complexity index is 1880. The first-order chi connectivity index (χ1) is 28.7. The summed E-state index contributed by atoms with van der Waals surface area (Å²) < 4.78 is 0. The number of rotatable bonds is 25. The number of terminal acetylenes is 1. The van der Waals surface area contributed by atoms with Crippen LogP contribution in [0.4, 0.5) is 0 Å². The minimum Gasteiger partial charge on any atom is -0.480 e. The number of aliphatic carboxylic acids is 1. The van der Waals surface area contributed by atoms with Gasteiger partial charge < -0.3 is 37.4 Å². The number of benzene rings is 3. The molecule has 0 saturated carbocycles. The molecule has 0 aromatic heterocycles. The zero-order valence-corrected chi connectivity index (χ0v) is 35.2. The average Bonchev–Trinajstić information content (AvgIpc) is 3.23. The standard InChI is InChI=1S/C47H62N6O7/c1-6-7-21-41(54)49-37(20-14-15-28-48)43(55)50-38(27-22-31(2)3)44(56)53-42(32(4)5)46(58)51-39(29-34-23-25-36(26-24-34)35-18-12-9-13-19-35)45(57)52-40(47(59)60)30-33-16-10-8-11-17-33/h1,8-13,16-19,23-26,31-32,37-40,42H,7,14-15,20-22,27-30,48H2,2-5H3,(H,49,54)(H,50,55)(H,51,58)(H,52,57)(H,53,56)(H,59,60)/t37-,38-,39-,40-,42-/m1/s1. The highest BCUT2D eigenvalue weighted by Crippen LogP contribution is 2.20. The van der Waals surface area contributed by atoms with Crippen LogP contribution in [-0.4, -0.2) is 77.4 Å². The van der Waals surface area contributed by atoms with Crippen LogP contribution < -0.4 is 32.3 Å². The van der Waals surface area contributed by atoms with E-state index in [1.54, 1.807) is 38.1 Å². The second kappa shape index (κ2) is 25.5. The minimum atomic E-state index is -1.29. The van der Waals surface area contributed by atoms with Crippen LogP contribution >= 0.6 is 0 Å². The van der Waals surface area contributed by atoms with Crippen molar-refractivity contribution in [2.24, 2.45) is 17.6 Å². The van der Waals surface area contributed by atoms with E-state index in [1.807, 2.05) is 74.5 Å². The fourth-order valence-corrected chi connectivity index (χ4v) is 6.54. The van der Waals surface area contributed by atoms with E-state index in [9.17, 15) is 33.9 Å². The summed E-state index contributed by atoms with van der Waals surface area (Å²) in [5.41, 5.74) is 9.04. The van der Waals surface area contributed by atoms with Crippen LogP contribution in [0.5, 0.6) is 0 Å². The summed E-state index contributed by atoms with van der Waals surface area (Å²) >= 11 is 0. The molecule has 0 aliphatic rings. The summed E-state index contributed by atoms with van der Waals surface area (Å²) in [6.07, 6.45) is 7.93. The van der Waals surface area contributed by atoms with Crippen LogP contribution in [-0.2, 0) is 41.6 Å². The number of hydrogen-bond acceptors (Lipinski definition) is 7. The van der Waals surface area contributed by atoms with Crippen molar-refractivity contribution in [1.82, 2.24) is 26.6 Å². The molecule has 0 saturated heterocycles. The van der Waals surface area contributed by atoms with Crippen molar-refractivity contribution in [2.75, 3.05) is 6.54 Å². The van der Waals surface area contributed by atoms with Crippen LogP contribution in [0, 0.1) is 24.2 Å². The molecule has 60 heavy (non-hydrogen) atoms. The second-order valence-electron chi connectivity index (χ2n) is 15.8. The number of hydrogen-bond donors (Lipinski definition) is 7. The summed E-state index contributed by atoms with van der Waals surface area (Å²) in [6, 6.07) is 20.5. The van der Waals surface area contributed by atoms with Crippen LogP contribution in [0.1, 0.15) is 83.8 Å². The first-order valence-corrected chi connectivity index (χ1v) is 20.8. The number of carboxylic acids is 1. The molecule has 8 N–H and O–H groups in total. The van der Waals surface area contributed by atoms with Gasteiger partial charge in [0, 0.05) is 25.7 Å². The zero-order valence-electron chi connectivity index (χ0n) is 35.2. The predicted molar refractivity (Wildman–Crippen MR) is 233 cm³/mol. The summed E-state index contributed by atoms with van der Waals surface area (Å²) in [7, 11) is 0. The normalized spacial score (nSPS) is 13.5. The number of carbonyl (C=O) groups is 6. The molecule has 13 nitrogen and oxygen atoms in total. The van der Waals surface area contributed by atoms with Gasteiger partial charge in [0.15, 0.2) is 0 Å². The number of nitrogens with two attached hydrogens (primary N) is 1. The van der Waals surface area contributed by atoms with E-state index in [4.69, 9.17) is 12.2 Å². The molecular weight excluding hydrogens is 761 g/mol. The van der Waals surface area contributed by atoms with Crippen molar-refractivity contribution in [3.8, 4) is 23.5 Å². The SMILES string of the molecule is C#CCCC(=O)N[C@H](CCCCN)C(=O)N[C@H](CCC(C)C)C(=O)N[C@@H](C(=O)N[C@H](Cc1ccc(-c2ccccc2)cc1)C(=O)N[C@H](Cc1ccccc1)C(=O)O)C(C)C. The highest BCUT2D eigenvalue weighted by Gasteiger charge is 2.34. The van der Waals surface area contributed by atoms with E-state index >= 15 is 0 Å². The molecule has 0 radical (unpaired) electrons. The lowest BCUT2D eigenvalue weighted by Gasteiger charge is -2.29. The van der Waals surface area contributed by atoms with Gasteiger partial charge in [-0.25, -0.2) is 4.79 Å². The van der Waals surface area contributed by atoms with Gasteiger partial charge in [-0.3, -0.25) is 24.0 Å². The van der Waals surface area contributed by atoms with Crippen molar-refractivity contribution >= 4 is 35.5 Å². The summed E-state index contributed by atoms with van der Waals surface area (Å²) in [4.78, 5) is 80.8. The van der Waals surface area contributed by atoms with Gasteiger partial charge in [-0.1, -0.05) is 113 Å². The zero-order chi connectivity index (χ0) is 44.0. The Balaban J connectivity index is 1.87. The Morgan fingerprint density at radius 3 is 1.70 bits per heavy atom. The molecule has 0 unspecified atom stereocenters. The number of carbonyl (C=O) groups excluding carboxylic acids is 5. The fraction of sp³-hybridized carbons (Fsp3) is 0.447. The van der Waals surface area contributed by atoms with Gasteiger partial charge in [0.25, 0.3) is 0 Å². The van der Waals surface area contributed by atoms with Crippen molar-refractivity contribution in [1.29, 1.82) is 0 Å². The van der Waals surface area contributed by atoms with Crippen molar-refractivity contribution in [3.63, 3.8) is 0 Å². The van der Waals surface area contributed by atoms with Gasteiger partial charge in [-0.15, -0.1) is 12.3 Å². The predicted octanol–water partition coefficient (Wildman–Crippen LogP) is 4.28. The molecule has 5 atom stereocenters. The quantitative estimate of drug-likeness (QED) is 0.0484. The first-order valence-electron chi connectivity index (χ1n) is 20.8. The highest BCUT2D eigenvalue weighted by molar-refractivity contribution is 5.96. The first kappa shape index (κ1) is 48.4. The fourth-order valence-electron chi connectivity index (χ4n) is 6.54. The van der Waals surface area contributed by atoms with E-state index in [0.717, 1.165) is 11.1 Å². The molecule has 3 aromatic rings. The maximum atomic E-state index is 14.2. The summed E-state index contributed by atoms with van der Waals surface area (Å²) in [6.45, 7) is 7.86. The Kier molecular flexibility index (Phi) is 20.5. The van der Waals surface area contributed by atoms with Gasteiger partial charge in [0.2, 0.25) is 29.5 Å². The van der Waals surface area contributed by atoms with Crippen LogP contribution in [0.15, 0.2) is 84.9 Å². The van der Waals surface area contributed by atoms with Gasteiger partial charge >= 0.3 is 5.97 Å². The van der Waals surface area contributed by atoms with Gasteiger partial charge in [-0.05, 0) is 72.7 Å². The number of amides is 5. The Hall–Kier alpha value is -6.00. The maximum Gasteiger partial charge on any atom is 0.326 e. The van der Waals surface area contributed by atoms with E-state index in [0.29, 0.717) is 43.4 Å². The second-order valence-corrected chi connectivity index (χ2v) is 15.8. The van der Waals surface area contributed by atoms with Crippen LogP contribution in [0.2, 0.25) is 0 Å². The molecule has 0 aliphatic carbocycles. The monoisotopic (exact) mass is 822 g/mol. The van der Waals surface area contributed by atoms with Crippen molar-refractivity contribution < 1.29 is 33.9 Å². The third kappa shape index (κ3) is 16.7. The molecule has 0 heterocycles. The molecule has 0 aliphatic heterocycles. The molecule has 5 amide bonds. The average molecular weight is 823 g/mol. The van der Waals surface area contributed by atoms with Crippen molar-refractivity contribution in [3.05, 3.63) is 96.1 Å². The van der Waals surface area contributed by atoms with E-state index in [-0.39, 0.29) is 43.9 Å². The van der Waals surface area contributed by atoms with E-state index in [1.165, 1.54) is 0 Å². The van der Waals surface area contributed by atoms with Gasteiger partial charge in [0.1, 0.15) is 30.2 Å². The molecule has 3 aromatic carbocycles. The molecular formula is C47H62N6O7. The molecule has 322 valence electrons. The Morgan fingerprint density at radius 2 is 1.12 bits per heavy atom.